The molecule has 0 spiro atoms. The van der Waals surface area contributed by atoms with Crippen molar-refractivity contribution in [2.45, 2.75) is 37.3 Å². The molecule has 1 unspecified atom stereocenters. The molecular formula is C8H15ClO2S. The smallest absolute Gasteiger partial charge is 0.337 e. The highest BCUT2D eigenvalue weighted by atomic mass is 35.5. The van der Waals surface area contributed by atoms with E-state index in [1.165, 1.54) is 0 Å². The third-order valence-corrected chi connectivity index (χ3v) is 2.43. The summed E-state index contributed by atoms with van der Waals surface area (Å²) < 4.78 is 3.75. The Bertz CT molecular complexity index is 148. The maximum absolute atomic E-state index is 11.1. The average Bonchev–Trinajstić information content (AvgIpc) is 2.05. The molecule has 0 amide bonds. The van der Waals surface area contributed by atoms with Gasteiger partial charge in [-0.15, -0.1) is 12.6 Å². The number of hydrogen-bond donors (Lipinski definition) is 1. The summed E-state index contributed by atoms with van der Waals surface area (Å²) in [5, 5.41) is 0. The first-order valence-corrected chi connectivity index (χ1v) is 4.95. The molecule has 2 nitrogen and oxygen atoms in total. The van der Waals surface area contributed by atoms with Gasteiger partial charge >= 0.3 is 5.97 Å². The van der Waals surface area contributed by atoms with Crippen LogP contribution in [0, 0.1) is 0 Å². The number of esters is 1. The number of ether oxygens (including phenoxy) is 1. The third-order valence-electron chi connectivity index (χ3n) is 1.51. The van der Waals surface area contributed by atoms with Gasteiger partial charge in [-0.3, -0.25) is 0 Å². The van der Waals surface area contributed by atoms with Crippen molar-refractivity contribution in [3.05, 3.63) is 0 Å². The Morgan fingerprint density at radius 1 is 1.58 bits per heavy atom. The fourth-order valence-corrected chi connectivity index (χ4v) is 0.683. The predicted molar refractivity (Wildman–Crippen MR) is 53.7 cm³/mol. The van der Waals surface area contributed by atoms with Gasteiger partial charge in [0, 0.05) is 0 Å². The van der Waals surface area contributed by atoms with Crippen molar-refractivity contribution in [2.75, 3.05) is 6.61 Å². The van der Waals surface area contributed by atoms with Gasteiger partial charge in [0.2, 0.25) is 0 Å². The highest BCUT2D eigenvalue weighted by Gasteiger charge is 2.31. The fourth-order valence-electron chi connectivity index (χ4n) is 0.564. The van der Waals surface area contributed by atoms with Crippen molar-refractivity contribution in [1.82, 2.24) is 0 Å². The molecule has 12 heavy (non-hydrogen) atoms. The van der Waals surface area contributed by atoms with E-state index in [0.717, 1.165) is 12.8 Å². The first kappa shape index (κ1) is 12.1. The van der Waals surface area contributed by atoms with Crippen LogP contribution >= 0.6 is 24.2 Å². The maximum atomic E-state index is 11.1. The molecule has 0 aliphatic carbocycles. The van der Waals surface area contributed by atoms with E-state index in [1.807, 2.05) is 6.92 Å². The number of carbonyl (C=O) groups excluding carboxylic acids is 1. The molecule has 0 aromatic carbocycles. The van der Waals surface area contributed by atoms with Crippen molar-refractivity contribution >= 4 is 30.2 Å². The van der Waals surface area contributed by atoms with E-state index in [-0.39, 0.29) is 0 Å². The van der Waals surface area contributed by atoms with E-state index >= 15 is 0 Å². The highest BCUT2D eigenvalue weighted by Crippen LogP contribution is 2.25. The summed E-state index contributed by atoms with van der Waals surface area (Å²) in [6, 6.07) is 0. The summed E-state index contributed by atoms with van der Waals surface area (Å²) in [6.07, 6.45) is 2.33. The SMILES string of the molecule is CCCCOC(=O)C(S)(Cl)CC. The first-order valence-electron chi connectivity index (χ1n) is 4.13. The molecule has 0 aromatic rings. The summed E-state index contributed by atoms with van der Waals surface area (Å²) in [6.45, 7) is 4.26. The van der Waals surface area contributed by atoms with Gasteiger partial charge < -0.3 is 4.74 Å². The zero-order valence-corrected chi connectivity index (χ0v) is 9.12. The lowest BCUT2D eigenvalue weighted by atomic mass is 10.3. The molecule has 4 heteroatoms. The second kappa shape index (κ2) is 5.70. The second-order valence-electron chi connectivity index (χ2n) is 2.60. The van der Waals surface area contributed by atoms with Crippen molar-refractivity contribution < 1.29 is 9.53 Å². The summed E-state index contributed by atoms with van der Waals surface area (Å²) in [7, 11) is 0. The van der Waals surface area contributed by atoms with Gasteiger partial charge in [-0.05, 0) is 12.8 Å². The predicted octanol–water partition coefficient (Wildman–Crippen LogP) is 2.60. The van der Waals surface area contributed by atoms with Crippen molar-refractivity contribution in [1.29, 1.82) is 0 Å². The van der Waals surface area contributed by atoms with Crippen LogP contribution in [0.2, 0.25) is 0 Å². The largest absolute Gasteiger partial charge is 0.464 e. The quantitative estimate of drug-likeness (QED) is 0.327. The molecule has 0 rings (SSSR count). The summed E-state index contributed by atoms with van der Waals surface area (Å²) in [5.74, 6) is -0.441. The second-order valence-corrected chi connectivity index (χ2v) is 4.27. The van der Waals surface area contributed by atoms with E-state index in [2.05, 4.69) is 12.6 Å². The number of alkyl halides is 1. The molecule has 0 N–H and O–H groups in total. The number of rotatable bonds is 5. The van der Waals surface area contributed by atoms with Gasteiger partial charge in [-0.2, -0.15) is 0 Å². The van der Waals surface area contributed by atoms with Gasteiger partial charge in [0.05, 0.1) is 6.61 Å². The normalized spacial score (nSPS) is 15.3. The molecule has 0 aliphatic heterocycles. The van der Waals surface area contributed by atoms with E-state index in [1.54, 1.807) is 6.92 Å². The molecule has 0 radical (unpaired) electrons. The minimum atomic E-state index is -1.15. The van der Waals surface area contributed by atoms with Crippen LogP contribution in [0.4, 0.5) is 0 Å². The van der Waals surface area contributed by atoms with Crippen LogP contribution in [0.25, 0.3) is 0 Å². The summed E-state index contributed by atoms with van der Waals surface area (Å²) in [5.41, 5.74) is 0. The Balaban J connectivity index is 3.72. The Morgan fingerprint density at radius 2 is 2.17 bits per heavy atom. The van der Waals surface area contributed by atoms with Gasteiger partial charge in [0.25, 0.3) is 0 Å². The molecule has 0 fully saturated rings. The Morgan fingerprint density at radius 3 is 2.58 bits per heavy atom. The average molecular weight is 211 g/mol. The maximum Gasteiger partial charge on any atom is 0.337 e. The van der Waals surface area contributed by atoms with E-state index in [0.29, 0.717) is 13.0 Å². The molecule has 0 aliphatic rings. The van der Waals surface area contributed by atoms with Crippen molar-refractivity contribution in [3.8, 4) is 0 Å². The topological polar surface area (TPSA) is 26.3 Å². The zero-order chi connectivity index (χ0) is 9.61. The van der Waals surface area contributed by atoms with Gasteiger partial charge in [0.1, 0.15) is 0 Å². The molecule has 0 saturated heterocycles. The lowest BCUT2D eigenvalue weighted by Gasteiger charge is -2.16. The monoisotopic (exact) mass is 210 g/mol. The summed E-state index contributed by atoms with van der Waals surface area (Å²) >= 11 is 9.71. The molecule has 1 atom stereocenters. The third kappa shape index (κ3) is 4.21. The minimum Gasteiger partial charge on any atom is -0.464 e. The number of halogens is 1. The zero-order valence-electron chi connectivity index (χ0n) is 7.47. The molecule has 0 bridgehead atoms. The molecular weight excluding hydrogens is 196 g/mol. The van der Waals surface area contributed by atoms with Crippen molar-refractivity contribution in [2.24, 2.45) is 0 Å². The fraction of sp³-hybridized carbons (Fsp3) is 0.875. The van der Waals surface area contributed by atoms with Crippen LogP contribution in [-0.4, -0.2) is 16.8 Å². The lowest BCUT2D eigenvalue weighted by molar-refractivity contribution is -0.144. The van der Waals surface area contributed by atoms with Crippen LogP contribution in [0.15, 0.2) is 0 Å². The summed E-state index contributed by atoms with van der Waals surface area (Å²) in [4.78, 5) is 11.1. The molecule has 72 valence electrons. The first-order chi connectivity index (χ1) is 5.54. The molecule has 0 heterocycles. The van der Waals surface area contributed by atoms with Gasteiger partial charge in [-0.25, -0.2) is 4.79 Å². The minimum absolute atomic E-state index is 0.435. The Hall–Kier alpha value is 0.110. The van der Waals surface area contributed by atoms with E-state index in [4.69, 9.17) is 16.3 Å². The van der Waals surface area contributed by atoms with Crippen molar-refractivity contribution in [3.63, 3.8) is 0 Å². The number of hydrogen-bond acceptors (Lipinski definition) is 3. The standard InChI is InChI=1S/C8H15ClO2S/c1-3-5-6-11-7(10)8(9,12)4-2/h12H,3-6H2,1-2H3. The van der Waals surface area contributed by atoms with Crippen LogP contribution in [0.3, 0.4) is 0 Å². The van der Waals surface area contributed by atoms with Crippen LogP contribution < -0.4 is 0 Å². The Kier molecular flexibility index (Phi) is 5.76. The van der Waals surface area contributed by atoms with Crippen LogP contribution in [0.1, 0.15) is 33.1 Å². The molecule has 0 saturated carbocycles. The lowest BCUT2D eigenvalue weighted by Crippen LogP contribution is -2.27. The highest BCUT2D eigenvalue weighted by molar-refractivity contribution is 7.84. The number of thiol groups is 1. The van der Waals surface area contributed by atoms with Gasteiger partial charge in [0.15, 0.2) is 4.21 Å². The number of carbonyl (C=O) groups is 1. The van der Waals surface area contributed by atoms with E-state index < -0.39 is 10.2 Å². The Labute approximate surface area is 84.0 Å². The van der Waals surface area contributed by atoms with Crippen LogP contribution in [-0.2, 0) is 9.53 Å². The molecule has 0 aromatic heterocycles. The van der Waals surface area contributed by atoms with Crippen LogP contribution in [0.5, 0.6) is 0 Å². The van der Waals surface area contributed by atoms with E-state index in [9.17, 15) is 4.79 Å². The number of unbranched alkanes of at least 4 members (excludes halogenated alkanes) is 1. The van der Waals surface area contributed by atoms with Gasteiger partial charge in [-0.1, -0.05) is 31.9 Å².